The third-order valence-electron chi connectivity index (χ3n) is 6.82. The topological polar surface area (TPSA) is 99.2 Å². The van der Waals surface area contributed by atoms with Crippen LogP contribution in [-0.4, -0.2) is 44.4 Å². The summed E-state index contributed by atoms with van der Waals surface area (Å²) in [6.45, 7) is 4.63. The Morgan fingerprint density at radius 1 is 1.27 bits per heavy atom. The summed E-state index contributed by atoms with van der Waals surface area (Å²) in [5.74, 6) is 0.382. The van der Waals surface area contributed by atoms with Crippen molar-refractivity contribution in [1.29, 1.82) is 5.26 Å². The normalized spacial score (nSPS) is 18.7. The molecule has 0 N–H and O–H groups in total. The van der Waals surface area contributed by atoms with E-state index in [9.17, 15) is 14.4 Å². The first-order valence-corrected chi connectivity index (χ1v) is 11.8. The fraction of sp³-hybridized carbons (Fsp3) is 0.435. The maximum Gasteiger partial charge on any atom is 0.258 e. The number of nitriles is 1. The standard InChI is InChI=1S/C23H22FIN6O2/c1-14-17(18-19(27-13-28-20(18)33-14)31(25)22(2)6-7-22)21(32)30-10-8-23(12-26,9-11-30)15-4-3-5-16(24)29-15/h3-5,13H,6-11H2,1-2H3. The molecule has 1 amide bonds. The van der Waals surface area contributed by atoms with Gasteiger partial charge in [0.15, 0.2) is 5.82 Å². The molecule has 2 aliphatic rings. The molecule has 1 saturated carbocycles. The predicted molar refractivity (Wildman–Crippen MR) is 127 cm³/mol. The van der Waals surface area contributed by atoms with E-state index in [-0.39, 0.29) is 11.4 Å². The number of amides is 1. The average Bonchev–Trinajstić information content (AvgIpc) is 3.48. The maximum atomic E-state index is 13.7. The van der Waals surface area contributed by atoms with Gasteiger partial charge in [0.25, 0.3) is 5.91 Å². The number of hydrogen-bond acceptors (Lipinski definition) is 7. The van der Waals surface area contributed by atoms with E-state index in [1.165, 1.54) is 12.4 Å². The van der Waals surface area contributed by atoms with Crippen LogP contribution in [0.4, 0.5) is 10.2 Å². The molecule has 170 valence electrons. The molecule has 1 aliphatic carbocycles. The summed E-state index contributed by atoms with van der Waals surface area (Å²) >= 11 is 2.25. The van der Waals surface area contributed by atoms with Crippen LogP contribution in [0.15, 0.2) is 28.9 Å². The molecule has 1 aliphatic heterocycles. The molecule has 3 aromatic rings. The van der Waals surface area contributed by atoms with Crippen molar-refractivity contribution in [2.45, 2.75) is 50.5 Å². The molecule has 0 bridgehead atoms. The van der Waals surface area contributed by atoms with Crippen molar-refractivity contribution in [2.24, 2.45) is 0 Å². The zero-order valence-corrected chi connectivity index (χ0v) is 20.5. The number of piperidine rings is 1. The number of rotatable bonds is 4. The van der Waals surface area contributed by atoms with Crippen molar-refractivity contribution in [3.8, 4) is 6.07 Å². The summed E-state index contributed by atoms with van der Waals surface area (Å²) in [7, 11) is 0. The van der Waals surface area contributed by atoms with Gasteiger partial charge in [-0.1, -0.05) is 6.07 Å². The molecule has 33 heavy (non-hydrogen) atoms. The quantitative estimate of drug-likeness (QED) is 0.264. The Morgan fingerprint density at radius 2 is 2.00 bits per heavy atom. The number of pyridine rings is 1. The van der Waals surface area contributed by atoms with Crippen molar-refractivity contribution in [3.05, 3.63) is 47.5 Å². The molecule has 0 radical (unpaired) electrons. The number of fused-ring (bicyclic) bond motifs is 1. The summed E-state index contributed by atoms with van der Waals surface area (Å²) in [6, 6.07) is 6.83. The molecule has 1 saturated heterocycles. The van der Waals surface area contributed by atoms with Crippen LogP contribution in [0.2, 0.25) is 0 Å². The van der Waals surface area contributed by atoms with Gasteiger partial charge in [0.1, 0.15) is 17.5 Å². The van der Waals surface area contributed by atoms with Gasteiger partial charge in [-0.25, -0.2) is 15.0 Å². The summed E-state index contributed by atoms with van der Waals surface area (Å²) in [5, 5.41) is 10.5. The van der Waals surface area contributed by atoms with Gasteiger partial charge in [-0.15, -0.1) is 0 Å². The zero-order chi connectivity index (χ0) is 23.4. The van der Waals surface area contributed by atoms with Crippen LogP contribution in [0.25, 0.3) is 11.1 Å². The highest BCUT2D eigenvalue weighted by Gasteiger charge is 2.45. The summed E-state index contributed by atoms with van der Waals surface area (Å²) in [4.78, 5) is 28.1. The van der Waals surface area contributed by atoms with Gasteiger partial charge >= 0.3 is 0 Å². The molecule has 0 spiro atoms. The Morgan fingerprint density at radius 3 is 2.64 bits per heavy atom. The first-order valence-electron chi connectivity index (χ1n) is 10.8. The molecule has 0 unspecified atom stereocenters. The lowest BCUT2D eigenvalue weighted by molar-refractivity contribution is 0.0690. The number of aromatic nitrogens is 3. The third kappa shape index (κ3) is 3.62. The van der Waals surface area contributed by atoms with Gasteiger partial charge in [0.2, 0.25) is 11.7 Å². The van der Waals surface area contributed by atoms with Crippen LogP contribution in [0, 0.1) is 24.2 Å². The van der Waals surface area contributed by atoms with Gasteiger partial charge in [0.05, 0.1) is 45.6 Å². The van der Waals surface area contributed by atoms with E-state index in [1.807, 2.05) is 0 Å². The van der Waals surface area contributed by atoms with E-state index in [0.29, 0.717) is 59.9 Å². The second kappa shape index (κ2) is 7.90. The second-order valence-electron chi connectivity index (χ2n) is 9.02. The van der Waals surface area contributed by atoms with E-state index >= 15 is 0 Å². The highest BCUT2D eigenvalue weighted by atomic mass is 127. The monoisotopic (exact) mass is 560 g/mol. The molecular weight excluding hydrogens is 538 g/mol. The first-order chi connectivity index (χ1) is 15.8. The van der Waals surface area contributed by atoms with E-state index in [4.69, 9.17) is 4.42 Å². The van der Waals surface area contributed by atoms with E-state index in [1.54, 1.807) is 24.0 Å². The smallest absolute Gasteiger partial charge is 0.258 e. The van der Waals surface area contributed by atoms with Gasteiger partial charge in [-0.3, -0.25) is 7.91 Å². The molecule has 4 heterocycles. The first kappa shape index (κ1) is 22.0. The highest BCUT2D eigenvalue weighted by Crippen LogP contribution is 2.47. The number of likely N-dealkylation sites (tertiary alicyclic amines) is 1. The van der Waals surface area contributed by atoms with Crippen LogP contribution in [0.1, 0.15) is 54.4 Å². The Balaban J connectivity index is 1.46. The Hall–Kier alpha value is -2.81. The molecule has 10 heteroatoms. The SMILES string of the molecule is Cc1oc2ncnc(N(I)C3(C)CC3)c2c1C(=O)N1CCC(C#N)(c2cccc(F)n2)CC1. The predicted octanol–water partition coefficient (Wildman–Crippen LogP) is 4.47. The zero-order valence-electron chi connectivity index (χ0n) is 18.3. The fourth-order valence-corrected chi connectivity index (χ4v) is 5.27. The van der Waals surface area contributed by atoms with E-state index in [0.717, 1.165) is 12.8 Å². The molecule has 3 aromatic heterocycles. The number of nitrogens with zero attached hydrogens (tertiary/aromatic N) is 6. The lowest BCUT2D eigenvalue weighted by Crippen LogP contribution is -2.45. The maximum absolute atomic E-state index is 13.7. The van der Waals surface area contributed by atoms with E-state index < -0.39 is 11.4 Å². The van der Waals surface area contributed by atoms with Gasteiger partial charge in [0, 0.05) is 18.6 Å². The molecule has 0 aromatic carbocycles. The van der Waals surface area contributed by atoms with Crippen LogP contribution in [0.3, 0.4) is 0 Å². The highest BCUT2D eigenvalue weighted by molar-refractivity contribution is 14.1. The molecule has 0 atom stereocenters. The Labute approximate surface area is 204 Å². The number of carbonyl (C=O) groups is 1. The summed E-state index contributed by atoms with van der Waals surface area (Å²) in [6.07, 6.45) is 4.32. The second-order valence-corrected chi connectivity index (χ2v) is 9.98. The van der Waals surface area contributed by atoms with Crippen molar-refractivity contribution in [3.63, 3.8) is 0 Å². The summed E-state index contributed by atoms with van der Waals surface area (Å²) in [5.41, 5.74) is 0.346. The number of carbonyl (C=O) groups excluding carboxylic acids is 1. The van der Waals surface area contributed by atoms with Gasteiger partial charge < -0.3 is 9.32 Å². The Kier molecular flexibility index (Phi) is 5.27. The Bertz CT molecular complexity index is 1290. The number of furan rings is 1. The fourth-order valence-electron chi connectivity index (χ4n) is 4.42. The van der Waals surface area contributed by atoms with E-state index in [2.05, 4.69) is 53.9 Å². The van der Waals surface area contributed by atoms with Crippen LogP contribution >= 0.6 is 22.9 Å². The molecule has 2 fully saturated rings. The van der Waals surface area contributed by atoms with Crippen molar-refractivity contribution >= 4 is 45.7 Å². The molecule has 8 nitrogen and oxygen atoms in total. The van der Waals surface area contributed by atoms with Crippen LogP contribution in [0.5, 0.6) is 0 Å². The minimum absolute atomic E-state index is 0.00279. The number of aryl methyl sites for hydroxylation is 1. The third-order valence-corrected chi connectivity index (χ3v) is 8.44. The van der Waals surface area contributed by atoms with Crippen LogP contribution in [-0.2, 0) is 5.41 Å². The summed E-state index contributed by atoms with van der Waals surface area (Å²) < 4.78 is 21.6. The lowest BCUT2D eigenvalue weighted by atomic mass is 9.76. The lowest BCUT2D eigenvalue weighted by Gasteiger charge is -2.37. The molecule has 5 rings (SSSR count). The number of anilines is 1. The number of hydrogen-bond donors (Lipinski definition) is 0. The van der Waals surface area contributed by atoms with Crippen molar-refractivity contribution in [1.82, 2.24) is 19.9 Å². The van der Waals surface area contributed by atoms with Crippen molar-refractivity contribution < 1.29 is 13.6 Å². The van der Waals surface area contributed by atoms with Crippen LogP contribution < -0.4 is 3.11 Å². The van der Waals surface area contributed by atoms with Gasteiger partial charge in [-0.05, 0) is 51.7 Å². The average molecular weight is 560 g/mol. The minimum atomic E-state index is -0.916. The number of halogens is 2. The largest absolute Gasteiger partial charge is 0.442 e. The van der Waals surface area contributed by atoms with Gasteiger partial charge in [-0.2, -0.15) is 9.65 Å². The minimum Gasteiger partial charge on any atom is -0.442 e. The van der Waals surface area contributed by atoms with Crippen molar-refractivity contribution in [2.75, 3.05) is 16.2 Å². The molecular formula is C23H22FIN6O2.